The van der Waals surface area contributed by atoms with Crippen LogP contribution < -0.4 is 5.32 Å². The molecule has 4 rings (SSSR count). The number of carbonyl (C=O) groups is 1. The molecule has 0 saturated carbocycles. The molecule has 1 atom stereocenters. The summed E-state index contributed by atoms with van der Waals surface area (Å²) in [4.78, 5) is 14.7. The lowest BCUT2D eigenvalue weighted by Gasteiger charge is -2.32. The fraction of sp³-hybridized carbons (Fsp3) is 0.381. The van der Waals surface area contributed by atoms with Crippen molar-refractivity contribution in [3.05, 3.63) is 59.0 Å². The number of hydrogen-bond acceptors (Lipinski definition) is 4. The largest absolute Gasteiger partial charge is 0.325 e. The van der Waals surface area contributed by atoms with Crippen molar-refractivity contribution in [1.29, 1.82) is 0 Å². The minimum absolute atomic E-state index is 0.0130. The Hall–Kier alpha value is -2.44. The lowest BCUT2D eigenvalue weighted by molar-refractivity contribution is -0.117. The zero-order valence-electron chi connectivity index (χ0n) is 15.9. The van der Waals surface area contributed by atoms with Crippen molar-refractivity contribution in [2.45, 2.75) is 26.2 Å². The standard InChI is InChI=1S/C21H24ClN5O/c1-15-11-17(22)7-8-18(15)23-21(28)14-26-9-4-5-16(13-26)12-20-25-24-19-6-2-3-10-27(19)20/h2-3,6-8,10-11,16H,4-5,9,12-14H2,1H3,(H,23,28)/t16-/m1/s1. The van der Waals surface area contributed by atoms with E-state index in [0.717, 1.165) is 55.1 Å². The Kier molecular flexibility index (Phi) is 5.59. The summed E-state index contributed by atoms with van der Waals surface area (Å²) in [5.41, 5.74) is 2.66. The molecule has 0 spiro atoms. The predicted octanol–water partition coefficient (Wildman–Crippen LogP) is 3.58. The number of benzene rings is 1. The topological polar surface area (TPSA) is 62.5 Å². The molecule has 1 aliphatic rings. The molecule has 1 N–H and O–H groups in total. The Labute approximate surface area is 169 Å². The maximum absolute atomic E-state index is 12.5. The van der Waals surface area contributed by atoms with E-state index in [1.165, 1.54) is 0 Å². The second kappa shape index (κ2) is 8.29. The van der Waals surface area contributed by atoms with Crippen LogP contribution in [-0.2, 0) is 11.2 Å². The van der Waals surface area contributed by atoms with Crippen molar-refractivity contribution in [3.63, 3.8) is 0 Å². The molecule has 28 heavy (non-hydrogen) atoms. The number of aromatic nitrogens is 3. The van der Waals surface area contributed by atoms with Crippen molar-refractivity contribution in [2.24, 2.45) is 5.92 Å². The number of halogens is 1. The number of aryl methyl sites for hydroxylation is 1. The molecule has 146 valence electrons. The molecule has 0 bridgehead atoms. The van der Waals surface area contributed by atoms with E-state index in [1.807, 2.05) is 43.5 Å². The van der Waals surface area contributed by atoms with Gasteiger partial charge in [-0.3, -0.25) is 14.1 Å². The lowest BCUT2D eigenvalue weighted by Crippen LogP contribution is -2.41. The molecular weight excluding hydrogens is 374 g/mol. The molecule has 7 heteroatoms. The average molecular weight is 398 g/mol. The van der Waals surface area contributed by atoms with Crippen LogP contribution in [0.25, 0.3) is 5.65 Å². The third-order valence-corrected chi connectivity index (χ3v) is 5.52. The monoisotopic (exact) mass is 397 g/mol. The van der Waals surface area contributed by atoms with E-state index in [-0.39, 0.29) is 5.91 Å². The summed E-state index contributed by atoms with van der Waals surface area (Å²) in [6, 6.07) is 11.4. The first-order chi connectivity index (χ1) is 13.6. The second-order valence-electron chi connectivity index (χ2n) is 7.50. The van der Waals surface area contributed by atoms with E-state index in [9.17, 15) is 4.79 Å². The van der Waals surface area contributed by atoms with Crippen LogP contribution in [0.3, 0.4) is 0 Å². The van der Waals surface area contributed by atoms with Gasteiger partial charge in [0.2, 0.25) is 5.91 Å². The van der Waals surface area contributed by atoms with Gasteiger partial charge in [-0.2, -0.15) is 0 Å². The van der Waals surface area contributed by atoms with Gasteiger partial charge in [0.05, 0.1) is 6.54 Å². The number of amides is 1. The van der Waals surface area contributed by atoms with Gasteiger partial charge >= 0.3 is 0 Å². The fourth-order valence-electron chi connectivity index (χ4n) is 3.91. The highest BCUT2D eigenvalue weighted by molar-refractivity contribution is 6.30. The van der Waals surface area contributed by atoms with Gasteiger partial charge in [-0.15, -0.1) is 10.2 Å². The van der Waals surface area contributed by atoms with Crippen LogP contribution in [0.5, 0.6) is 0 Å². The smallest absolute Gasteiger partial charge is 0.238 e. The number of nitrogens with one attached hydrogen (secondary N) is 1. The van der Waals surface area contributed by atoms with E-state index >= 15 is 0 Å². The number of hydrogen-bond donors (Lipinski definition) is 1. The zero-order valence-corrected chi connectivity index (χ0v) is 16.7. The number of likely N-dealkylation sites (tertiary alicyclic amines) is 1. The van der Waals surface area contributed by atoms with Crippen LogP contribution >= 0.6 is 11.6 Å². The highest BCUT2D eigenvalue weighted by Crippen LogP contribution is 2.22. The summed E-state index contributed by atoms with van der Waals surface area (Å²) in [5.74, 6) is 1.48. The van der Waals surface area contributed by atoms with Gasteiger partial charge in [0.25, 0.3) is 0 Å². The van der Waals surface area contributed by atoms with Gasteiger partial charge in [-0.05, 0) is 68.1 Å². The van der Waals surface area contributed by atoms with Crippen molar-refractivity contribution in [3.8, 4) is 0 Å². The van der Waals surface area contributed by atoms with Crippen LogP contribution in [0.1, 0.15) is 24.2 Å². The summed E-state index contributed by atoms with van der Waals surface area (Å²) >= 11 is 5.99. The number of rotatable bonds is 5. The van der Waals surface area contributed by atoms with Gasteiger partial charge in [0.1, 0.15) is 5.82 Å². The van der Waals surface area contributed by atoms with Crippen LogP contribution in [0, 0.1) is 12.8 Å². The Morgan fingerprint density at radius 1 is 1.29 bits per heavy atom. The fourth-order valence-corrected chi connectivity index (χ4v) is 4.14. The molecule has 1 saturated heterocycles. The summed E-state index contributed by atoms with van der Waals surface area (Å²) < 4.78 is 2.05. The summed E-state index contributed by atoms with van der Waals surface area (Å²) in [6.07, 6.45) is 5.12. The highest BCUT2D eigenvalue weighted by atomic mass is 35.5. The predicted molar refractivity (Wildman–Crippen MR) is 111 cm³/mol. The second-order valence-corrected chi connectivity index (χ2v) is 7.94. The number of pyridine rings is 1. The molecular formula is C21H24ClN5O. The maximum atomic E-state index is 12.5. The summed E-state index contributed by atoms with van der Waals surface area (Å²) in [5, 5.41) is 12.3. The van der Waals surface area contributed by atoms with Crippen LogP contribution in [0.2, 0.25) is 5.02 Å². The molecule has 2 aromatic heterocycles. The first kappa shape index (κ1) is 18.9. The van der Waals surface area contributed by atoms with E-state index in [4.69, 9.17) is 11.6 Å². The molecule has 6 nitrogen and oxygen atoms in total. The molecule has 1 amide bonds. The van der Waals surface area contributed by atoms with Crippen molar-refractivity contribution < 1.29 is 4.79 Å². The quantitative estimate of drug-likeness (QED) is 0.714. The molecule has 1 aliphatic heterocycles. The minimum atomic E-state index is 0.0130. The molecule has 1 fully saturated rings. The zero-order chi connectivity index (χ0) is 19.5. The first-order valence-corrected chi connectivity index (χ1v) is 10.0. The Bertz CT molecular complexity index is 986. The molecule has 0 radical (unpaired) electrons. The Morgan fingerprint density at radius 2 is 2.18 bits per heavy atom. The number of nitrogens with zero attached hydrogens (tertiary/aromatic N) is 4. The van der Waals surface area contributed by atoms with E-state index in [2.05, 4.69) is 24.8 Å². The summed E-state index contributed by atoms with van der Waals surface area (Å²) in [7, 11) is 0. The summed E-state index contributed by atoms with van der Waals surface area (Å²) in [6.45, 7) is 4.19. The molecule has 0 unspecified atom stereocenters. The van der Waals surface area contributed by atoms with Crippen LogP contribution in [-0.4, -0.2) is 45.0 Å². The van der Waals surface area contributed by atoms with Crippen molar-refractivity contribution >= 4 is 28.8 Å². The van der Waals surface area contributed by atoms with Gasteiger partial charge < -0.3 is 5.32 Å². The Balaban J connectivity index is 1.35. The Morgan fingerprint density at radius 3 is 3.04 bits per heavy atom. The SMILES string of the molecule is Cc1cc(Cl)ccc1NC(=O)CN1CCC[C@H](Cc2nnc3ccccn23)C1. The van der Waals surface area contributed by atoms with Crippen LogP contribution in [0.15, 0.2) is 42.6 Å². The van der Waals surface area contributed by atoms with E-state index in [1.54, 1.807) is 6.07 Å². The molecule has 1 aromatic carbocycles. The van der Waals surface area contributed by atoms with E-state index < -0.39 is 0 Å². The maximum Gasteiger partial charge on any atom is 0.238 e. The molecule has 3 heterocycles. The highest BCUT2D eigenvalue weighted by Gasteiger charge is 2.23. The number of carbonyl (C=O) groups excluding carboxylic acids is 1. The molecule has 0 aliphatic carbocycles. The van der Waals surface area contributed by atoms with Gasteiger partial charge in [0.15, 0.2) is 5.65 Å². The van der Waals surface area contributed by atoms with Crippen molar-refractivity contribution in [2.75, 3.05) is 25.0 Å². The van der Waals surface area contributed by atoms with Crippen molar-refractivity contribution in [1.82, 2.24) is 19.5 Å². The number of fused-ring (bicyclic) bond motifs is 1. The third-order valence-electron chi connectivity index (χ3n) is 5.29. The lowest BCUT2D eigenvalue weighted by atomic mass is 9.94. The molecule has 3 aromatic rings. The van der Waals surface area contributed by atoms with Gasteiger partial charge in [-0.25, -0.2) is 0 Å². The van der Waals surface area contributed by atoms with Crippen LogP contribution in [0.4, 0.5) is 5.69 Å². The van der Waals surface area contributed by atoms with Gasteiger partial charge in [-0.1, -0.05) is 17.7 Å². The number of piperidine rings is 1. The van der Waals surface area contributed by atoms with Gasteiger partial charge in [0, 0.05) is 29.9 Å². The number of anilines is 1. The minimum Gasteiger partial charge on any atom is -0.325 e. The first-order valence-electron chi connectivity index (χ1n) is 9.65. The van der Waals surface area contributed by atoms with E-state index in [0.29, 0.717) is 17.5 Å². The average Bonchev–Trinajstić information content (AvgIpc) is 3.07. The third kappa shape index (κ3) is 4.34. The normalized spacial score (nSPS) is 17.7.